The topological polar surface area (TPSA) is 55.8 Å². The normalized spacial score (nSPS) is 16.2. The van der Waals surface area contributed by atoms with Crippen molar-refractivity contribution >= 4 is 29.2 Å². The van der Waals surface area contributed by atoms with Gasteiger partial charge in [0.15, 0.2) is 6.10 Å². The molecular formula is C19H18ClNO4. The first-order valence-corrected chi connectivity index (χ1v) is 8.39. The van der Waals surface area contributed by atoms with Gasteiger partial charge in [-0.15, -0.1) is 0 Å². The summed E-state index contributed by atoms with van der Waals surface area (Å²) in [5.41, 5.74) is 1.54. The van der Waals surface area contributed by atoms with Gasteiger partial charge >= 0.3 is 5.97 Å². The van der Waals surface area contributed by atoms with E-state index in [1.165, 1.54) is 0 Å². The van der Waals surface area contributed by atoms with E-state index >= 15 is 0 Å². The van der Waals surface area contributed by atoms with Crippen LogP contribution >= 0.6 is 11.6 Å². The SMILES string of the molecule is C[C@@H]1Oc2ccccc2N(CCC(=O)OCc2ccc(Cl)cc2)C1=O. The van der Waals surface area contributed by atoms with Crippen molar-refractivity contribution < 1.29 is 19.1 Å². The number of benzene rings is 2. The van der Waals surface area contributed by atoms with E-state index in [1.54, 1.807) is 42.2 Å². The van der Waals surface area contributed by atoms with Gasteiger partial charge < -0.3 is 14.4 Å². The Balaban J connectivity index is 1.58. The highest BCUT2D eigenvalue weighted by molar-refractivity contribution is 6.30. The molecule has 3 rings (SSSR count). The number of para-hydroxylation sites is 2. The summed E-state index contributed by atoms with van der Waals surface area (Å²) in [5, 5.41) is 0.633. The van der Waals surface area contributed by atoms with Crippen LogP contribution in [-0.2, 0) is 20.9 Å². The number of nitrogens with zero attached hydrogens (tertiary/aromatic N) is 1. The minimum atomic E-state index is -0.569. The molecule has 130 valence electrons. The molecule has 1 aliphatic heterocycles. The first-order chi connectivity index (χ1) is 12.0. The standard InChI is InChI=1S/C19H18ClNO4/c1-13-19(23)21(16-4-2-3-5-17(16)25-13)11-10-18(22)24-12-14-6-8-15(20)9-7-14/h2-9,13H,10-12H2,1H3/t13-/m0/s1. The zero-order chi connectivity index (χ0) is 17.8. The number of fused-ring (bicyclic) bond motifs is 1. The Kier molecular flexibility index (Phi) is 5.24. The predicted molar refractivity (Wildman–Crippen MR) is 94.8 cm³/mol. The molecule has 0 spiro atoms. The maximum atomic E-state index is 12.3. The molecule has 6 heteroatoms. The van der Waals surface area contributed by atoms with E-state index in [0.717, 1.165) is 5.56 Å². The molecule has 2 aromatic carbocycles. The van der Waals surface area contributed by atoms with Crippen molar-refractivity contribution in [3.8, 4) is 5.75 Å². The molecule has 0 aromatic heterocycles. The lowest BCUT2D eigenvalue weighted by Gasteiger charge is -2.32. The molecule has 1 amide bonds. The zero-order valence-electron chi connectivity index (χ0n) is 13.8. The molecule has 0 radical (unpaired) electrons. The zero-order valence-corrected chi connectivity index (χ0v) is 14.5. The largest absolute Gasteiger partial charge is 0.479 e. The summed E-state index contributed by atoms with van der Waals surface area (Å²) in [6.45, 7) is 2.13. The van der Waals surface area contributed by atoms with E-state index in [4.69, 9.17) is 21.1 Å². The highest BCUT2D eigenvalue weighted by Gasteiger charge is 2.31. The second-order valence-electron chi connectivity index (χ2n) is 5.75. The molecule has 0 N–H and O–H groups in total. The second-order valence-corrected chi connectivity index (χ2v) is 6.19. The predicted octanol–water partition coefficient (Wildman–Crippen LogP) is 3.59. The first kappa shape index (κ1) is 17.3. The molecule has 0 bridgehead atoms. The van der Waals surface area contributed by atoms with Crippen molar-refractivity contribution in [2.45, 2.75) is 26.1 Å². The molecule has 1 heterocycles. The number of esters is 1. The smallest absolute Gasteiger partial charge is 0.307 e. The van der Waals surface area contributed by atoms with Crippen LogP contribution in [0, 0.1) is 0 Å². The minimum absolute atomic E-state index is 0.111. The lowest BCUT2D eigenvalue weighted by atomic mass is 10.2. The maximum Gasteiger partial charge on any atom is 0.307 e. The third-order valence-corrected chi connectivity index (χ3v) is 4.18. The summed E-state index contributed by atoms with van der Waals surface area (Å²) < 4.78 is 10.8. The fraction of sp³-hybridized carbons (Fsp3) is 0.263. The number of rotatable bonds is 5. The second kappa shape index (κ2) is 7.57. The van der Waals surface area contributed by atoms with E-state index < -0.39 is 6.10 Å². The van der Waals surface area contributed by atoms with Gasteiger partial charge in [0.2, 0.25) is 0 Å². The molecule has 0 saturated heterocycles. The van der Waals surface area contributed by atoms with Crippen molar-refractivity contribution in [1.82, 2.24) is 0 Å². The Hall–Kier alpha value is -2.53. The van der Waals surface area contributed by atoms with Gasteiger partial charge in [-0.1, -0.05) is 35.9 Å². The van der Waals surface area contributed by atoms with E-state index in [-0.39, 0.29) is 31.4 Å². The quantitative estimate of drug-likeness (QED) is 0.765. The van der Waals surface area contributed by atoms with Crippen molar-refractivity contribution in [3.05, 3.63) is 59.1 Å². The van der Waals surface area contributed by atoms with Crippen molar-refractivity contribution in [3.63, 3.8) is 0 Å². The number of hydrogen-bond donors (Lipinski definition) is 0. The number of halogens is 1. The Morgan fingerprint density at radius 2 is 1.92 bits per heavy atom. The van der Waals surface area contributed by atoms with Gasteiger partial charge in [-0.25, -0.2) is 0 Å². The molecule has 25 heavy (non-hydrogen) atoms. The lowest BCUT2D eigenvalue weighted by molar-refractivity contribution is -0.144. The molecule has 5 nitrogen and oxygen atoms in total. The van der Waals surface area contributed by atoms with Crippen LogP contribution in [0.2, 0.25) is 5.02 Å². The molecule has 1 atom stereocenters. The summed E-state index contributed by atoms with van der Waals surface area (Å²) in [7, 11) is 0. The number of carbonyl (C=O) groups excluding carboxylic acids is 2. The summed E-state index contributed by atoms with van der Waals surface area (Å²) in [6, 6.07) is 14.4. The number of ether oxygens (including phenoxy) is 2. The van der Waals surface area contributed by atoms with Crippen LogP contribution in [0.15, 0.2) is 48.5 Å². The summed E-state index contributed by atoms with van der Waals surface area (Å²) in [5.74, 6) is 0.118. The number of hydrogen-bond acceptors (Lipinski definition) is 4. The van der Waals surface area contributed by atoms with Gasteiger partial charge in [0, 0.05) is 11.6 Å². The third-order valence-electron chi connectivity index (χ3n) is 3.93. The molecule has 2 aromatic rings. The van der Waals surface area contributed by atoms with Crippen LogP contribution < -0.4 is 9.64 Å². The third kappa shape index (κ3) is 4.12. The fourth-order valence-corrected chi connectivity index (χ4v) is 2.74. The molecular weight excluding hydrogens is 342 g/mol. The summed E-state index contributed by atoms with van der Waals surface area (Å²) in [6.07, 6.45) is -0.458. The first-order valence-electron chi connectivity index (χ1n) is 8.02. The molecule has 0 aliphatic carbocycles. The highest BCUT2D eigenvalue weighted by Crippen LogP contribution is 2.33. The Morgan fingerprint density at radius 1 is 1.20 bits per heavy atom. The Morgan fingerprint density at radius 3 is 2.68 bits per heavy atom. The number of amides is 1. The van der Waals surface area contributed by atoms with Crippen LogP contribution in [0.5, 0.6) is 5.75 Å². The molecule has 1 aliphatic rings. The van der Waals surface area contributed by atoms with Crippen LogP contribution in [0.3, 0.4) is 0 Å². The Labute approximate surface area is 151 Å². The highest BCUT2D eigenvalue weighted by atomic mass is 35.5. The van der Waals surface area contributed by atoms with Gasteiger partial charge in [-0.2, -0.15) is 0 Å². The van der Waals surface area contributed by atoms with Crippen LogP contribution in [0.4, 0.5) is 5.69 Å². The fourth-order valence-electron chi connectivity index (χ4n) is 2.61. The van der Waals surface area contributed by atoms with E-state index in [0.29, 0.717) is 16.5 Å². The van der Waals surface area contributed by atoms with Crippen molar-refractivity contribution in [2.75, 3.05) is 11.4 Å². The van der Waals surface area contributed by atoms with Gasteiger partial charge in [-0.05, 0) is 36.8 Å². The van der Waals surface area contributed by atoms with E-state index in [2.05, 4.69) is 0 Å². The molecule has 0 fully saturated rings. The molecule has 0 unspecified atom stereocenters. The van der Waals surface area contributed by atoms with Gasteiger partial charge in [0.05, 0.1) is 12.1 Å². The van der Waals surface area contributed by atoms with Gasteiger partial charge in [-0.3, -0.25) is 9.59 Å². The summed E-state index contributed by atoms with van der Waals surface area (Å²) in [4.78, 5) is 25.9. The number of anilines is 1. The average Bonchev–Trinajstić information content (AvgIpc) is 2.61. The minimum Gasteiger partial charge on any atom is -0.479 e. The molecule has 0 saturated carbocycles. The van der Waals surface area contributed by atoms with Crippen molar-refractivity contribution in [1.29, 1.82) is 0 Å². The van der Waals surface area contributed by atoms with E-state index in [9.17, 15) is 9.59 Å². The Bertz CT molecular complexity index is 775. The van der Waals surface area contributed by atoms with Gasteiger partial charge in [0.25, 0.3) is 5.91 Å². The lowest BCUT2D eigenvalue weighted by Crippen LogP contribution is -2.45. The summed E-state index contributed by atoms with van der Waals surface area (Å²) >= 11 is 5.82. The average molecular weight is 360 g/mol. The van der Waals surface area contributed by atoms with Crippen LogP contribution in [0.25, 0.3) is 0 Å². The van der Waals surface area contributed by atoms with Crippen molar-refractivity contribution in [2.24, 2.45) is 0 Å². The van der Waals surface area contributed by atoms with Gasteiger partial charge in [0.1, 0.15) is 12.4 Å². The van der Waals surface area contributed by atoms with E-state index in [1.807, 2.05) is 18.2 Å². The van der Waals surface area contributed by atoms with Crippen LogP contribution in [0.1, 0.15) is 18.9 Å². The van der Waals surface area contributed by atoms with Crippen LogP contribution in [-0.4, -0.2) is 24.5 Å². The monoisotopic (exact) mass is 359 g/mol. The number of carbonyl (C=O) groups is 2. The maximum absolute atomic E-state index is 12.3.